The summed E-state index contributed by atoms with van der Waals surface area (Å²) in [7, 11) is 1.60. The van der Waals surface area contributed by atoms with Crippen LogP contribution in [-0.4, -0.2) is 25.2 Å². The molecule has 1 amide bonds. The molecule has 0 aliphatic carbocycles. The summed E-state index contributed by atoms with van der Waals surface area (Å²) >= 11 is 0. The van der Waals surface area contributed by atoms with Crippen LogP contribution in [0.5, 0.6) is 11.5 Å². The number of ether oxygens (including phenoxy) is 1. The summed E-state index contributed by atoms with van der Waals surface area (Å²) in [5.41, 5.74) is 0.785. The molecule has 35 heavy (non-hydrogen) atoms. The molecule has 5 aromatic rings. The van der Waals surface area contributed by atoms with Gasteiger partial charge in [-0.3, -0.25) is 9.59 Å². The zero-order valence-corrected chi connectivity index (χ0v) is 18.3. The van der Waals surface area contributed by atoms with E-state index in [2.05, 4.69) is 15.4 Å². The Balaban J connectivity index is 1.36. The molecule has 0 saturated heterocycles. The van der Waals surface area contributed by atoms with Crippen molar-refractivity contribution in [2.24, 2.45) is 7.05 Å². The summed E-state index contributed by atoms with van der Waals surface area (Å²) in [5.74, 6) is -1.09. The fraction of sp³-hybridized carbons (Fsp3) is 0.0400. The Labute approximate surface area is 197 Å². The summed E-state index contributed by atoms with van der Waals surface area (Å²) in [4.78, 5) is 29.2. The molecule has 1 N–H and O–H groups in total. The lowest BCUT2D eigenvalue weighted by Gasteiger charge is -2.10. The molecule has 0 aliphatic rings. The van der Waals surface area contributed by atoms with Crippen molar-refractivity contribution in [1.29, 1.82) is 0 Å². The van der Waals surface area contributed by atoms with Crippen LogP contribution >= 0.6 is 0 Å². The van der Waals surface area contributed by atoms with E-state index in [0.29, 0.717) is 22.3 Å². The number of hydrogen-bond donors (Lipinski definition) is 1. The molecule has 174 valence electrons. The molecule has 0 bridgehead atoms. The average Bonchev–Trinajstić information content (AvgIpc) is 3.35. The number of benzene rings is 3. The Morgan fingerprint density at radius 1 is 0.971 bits per heavy atom. The topological polar surface area (TPSA) is 91.0 Å². The van der Waals surface area contributed by atoms with Crippen molar-refractivity contribution in [2.45, 2.75) is 0 Å². The number of anilines is 1. The lowest BCUT2D eigenvalue weighted by atomic mass is 10.2. The van der Waals surface area contributed by atoms with E-state index in [1.807, 2.05) is 0 Å². The highest BCUT2D eigenvalue weighted by molar-refractivity contribution is 6.03. The lowest BCUT2D eigenvalue weighted by Crippen LogP contribution is -2.16. The van der Waals surface area contributed by atoms with Crippen LogP contribution in [0.15, 0.2) is 84.0 Å². The van der Waals surface area contributed by atoms with Crippen molar-refractivity contribution in [3.63, 3.8) is 0 Å². The summed E-state index contributed by atoms with van der Waals surface area (Å²) in [6, 6.07) is 15.8. The maximum absolute atomic E-state index is 14.4. The van der Waals surface area contributed by atoms with Crippen LogP contribution < -0.4 is 15.6 Å². The van der Waals surface area contributed by atoms with Gasteiger partial charge in [0, 0.05) is 19.3 Å². The second kappa shape index (κ2) is 8.82. The van der Waals surface area contributed by atoms with Gasteiger partial charge in [0.2, 0.25) is 0 Å². The van der Waals surface area contributed by atoms with Gasteiger partial charge >= 0.3 is 0 Å². The van der Waals surface area contributed by atoms with Crippen molar-refractivity contribution in [1.82, 2.24) is 19.3 Å². The molecular formula is C25H17F2N5O3. The highest BCUT2D eigenvalue weighted by atomic mass is 19.1. The number of aryl methyl sites for hydroxylation is 1. The van der Waals surface area contributed by atoms with Crippen molar-refractivity contribution in [2.75, 3.05) is 5.32 Å². The van der Waals surface area contributed by atoms with E-state index in [1.54, 1.807) is 25.2 Å². The van der Waals surface area contributed by atoms with Gasteiger partial charge < -0.3 is 14.6 Å². The molecule has 2 heterocycles. The zero-order valence-electron chi connectivity index (χ0n) is 18.3. The second-order valence-corrected chi connectivity index (χ2v) is 7.66. The van der Waals surface area contributed by atoms with Gasteiger partial charge in [-0.25, -0.2) is 18.4 Å². The first kappa shape index (κ1) is 22.0. The van der Waals surface area contributed by atoms with Crippen molar-refractivity contribution in [3.05, 3.63) is 107 Å². The molecule has 0 aliphatic heterocycles. The summed E-state index contributed by atoms with van der Waals surface area (Å²) in [6.45, 7) is 0. The quantitative estimate of drug-likeness (QED) is 0.408. The maximum Gasteiger partial charge on any atom is 0.276 e. The van der Waals surface area contributed by atoms with Crippen LogP contribution in [0, 0.1) is 11.6 Å². The van der Waals surface area contributed by atoms with Crippen LogP contribution in [0.4, 0.5) is 14.5 Å². The predicted octanol–water partition coefficient (Wildman–Crippen LogP) is 4.44. The third kappa shape index (κ3) is 4.49. The van der Waals surface area contributed by atoms with E-state index in [9.17, 15) is 18.4 Å². The third-order valence-electron chi connectivity index (χ3n) is 5.22. The fourth-order valence-electron chi connectivity index (χ4n) is 3.42. The smallest absolute Gasteiger partial charge is 0.276 e. The molecule has 0 radical (unpaired) electrons. The molecule has 0 saturated carbocycles. The number of carbonyl (C=O) groups excluding carboxylic acids is 1. The number of amides is 1. The van der Waals surface area contributed by atoms with Crippen LogP contribution in [0.1, 0.15) is 10.5 Å². The van der Waals surface area contributed by atoms with Crippen molar-refractivity contribution < 1.29 is 18.3 Å². The van der Waals surface area contributed by atoms with Gasteiger partial charge in [-0.15, -0.1) is 0 Å². The number of hydrogen-bond acceptors (Lipinski definition) is 5. The highest BCUT2D eigenvalue weighted by Gasteiger charge is 2.14. The van der Waals surface area contributed by atoms with Crippen molar-refractivity contribution >= 4 is 22.5 Å². The Morgan fingerprint density at radius 3 is 2.51 bits per heavy atom. The molecule has 0 fully saturated rings. The predicted molar refractivity (Wildman–Crippen MR) is 125 cm³/mol. The summed E-state index contributed by atoms with van der Waals surface area (Å²) in [6.07, 6.45) is 2.97. The first-order chi connectivity index (χ1) is 16.9. The standard InChI is InChI=1S/C25H17F2N5O3/c1-31-14-28-21-9-7-17(12-19(21)25(31)34)35-18-6-8-20(27)23(13-18)29-24(33)22-10-11-32(30-22)16-4-2-15(26)3-5-16/h2-14H,1H3,(H,29,33). The molecular weight excluding hydrogens is 456 g/mol. The molecule has 5 rings (SSSR count). The highest BCUT2D eigenvalue weighted by Crippen LogP contribution is 2.28. The molecule has 0 spiro atoms. The van der Waals surface area contributed by atoms with Gasteiger partial charge in [0.05, 0.1) is 28.6 Å². The first-order valence-electron chi connectivity index (χ1n) is 10.4. The Morgan fingerprint density at radius 2 is 1.71 bits per heavy atom. The van der Waals surface area contributed by atoms with E-state index in [0.717, 1.165) is 6.07 Å². The fourth-order valence-corrected chi connectivity index (χ4v) is 3.42. The summed E-state index contributed by atoms with van der Waals surface area (Å²) in [5, 5.41) is 7.02. The van der Waals surface area contributed by atoms with Crippen LogP contribution in [0.2, 0.25) is 0 Å². The van der Waals surface area contributed by atoms with Crippen molar-refractivity contribution in [3.8, 4) is 17.2 Å². The minimum absolute atomic E-state index is 0.0397. The minimum atomic E-state index is -0.666. The van der Waals surface area contributed by atoms with Gasteiger partial charge in [-0.05, 0) is 60.7 Å². The van der Waals surface area contributed by atoms with E-state index in [1.165, 1.54) is 64.2 Å². The third-order valence-corrected chi connectivity index (χ3v) is 5.22. The van der Waals surface area contributed by atoms with E-state index in [-0.39, 0.29) is 28.5 Å². The van der Waals surface area contributed by atoms with E-state index < -0.39 is 11.7 Å². The zero-order chi connectivity index (χ0) is 24.5. The Bertz CT molecular complexity index is 1630. The molecule has 10 heteroatoms. The normalized spacial score (nSPS) is 10.9. The number of aromatic nitrogens is 4. The second-order valence-electron chi connectivity index (χ2n) is 7.66. The van der Waals surface area contributed by atoms with Gasteiger partial charge in [0.15, 0.2) is 5.69 Å². The van der Waals surface area contributed by atoms with E-state index >= 15 is 0 Å². The maximum atomic E-state index is 14.4. The lowest BCUT2D eigenvalue weighted by molar-refractivity contribution is 0.102. The summed E-state index contributed by atoms with van der Waals surface area (Å²) < 4.78 is 36.1. The SMILES string of the molecule is Cn1cnc2ccc(Oc3ccc(F)c(NC(=O)c4ccn(-c5ccc(F)cc5)n4)c3)cc2c1=O. The van der Waals surface area contributed by atoms with Crippen LogP contribution in [0.25, 0.3) is 16.6 Å². The monoisotopic (exact) mass is 473 g/mol. The first-order valence-corrected chi connectivity index (χ1v) is 10.4. The average molecular weight is 473 g/mol. The Kier molecular flexibility index (Phi) is 5.54. The van der Waals surface area contributed by atoms with Gasteiger partial charge in [0.1, 0.15) is 23.1 Å². The molecule has 0 unspecified atom stereocenters. The minimum Gasteiger partial charge on any atom is -0.457 e. The van der Waals surface area contributed by atoms with Gasteiger partial charge in [0.25, 0.3) is 11.5 Å². The molecule has 8 nitrogen and oxygen atoms in total. The number of fused-ring (bicyclic) bond motifs is 1. The number of halogens is 2. The molecule has 3 aromatic carbocycles. The van der Waals surface area contributed by atoms with Crippen LogP contribution in [0.3, 0.4) is 0 Å². The number of carbonyl (C=O) groups is 1. The largest absolute Gasteiger partial charge is 0.457 e. The van der Waals surface area contributed by atoms with E-state index in [4.69, 9.17) is 4.74 Å². The molecule has 0 atom stereocenters. The van der Waals surface area contributed by atoms with Crippen LogP contribution in [-0.2, 0) is 7.05 Å². The number of nitrogens with one attached hydrogen (secondary N) is 1. The number of nitrogens with zero attached hydrogens (tertiary/aromatic N) is 4. The number of rotatable bonds is 5. The van der Waals surface area contributed by atoms with Gasteiger partial charge in [-0.2, -0.15) is 5.10 Å². The Hall–Kier alpha value is -4.86. The molecule has 2 aromatic heterocycles. The van der Waals surface area contributed by atoms with Gasteiger partial charge in [-0.1, -0.05) is 0 Å².